The fourth-order valence-electron chi connectivity index (χ4n) is 1.84. The second kappa shape index (κ2) is 4.44. The summed E-state index contributed by atoms with van der Waals surface area (Å²) in [5.41, 5.74) is 6.46. The number of hydrogen-bond donors (Lipinski definition) is 2. The van der Waals surface area contributed by atoms with Gasteiger partial charge >= 0.3 is 16.2 Å². The van der Waals surface area contributed by atoms with Crippen LogP contribution in [0.1, 0.15) is 6.42 Å². The Morgan fingerprint density at radius 3 is 2.74 bits per heavy atom. The van der Waals surface area contributed by atoms with Crippen molar-refractivity contribution in [3.63, 3.8) is 0 Å². The predicted octanol–water partition coefficient (Wildman–Crippen LogP) is -0.910. The third-order valence-corrected chi connectivity index (χ3v) is 4.66. The molecule has 0 spiro atoms. The van der Waals surface area contributed by atoms with Gasteiger partial charge in [-0.2, -0.15) is 12.7 Å². The molecule has 0 saturated heterocycles. The third-order valence-electron chi connectivity index (χ3n) is 2.82. The molecular formula is C10H14N4O4S. The van der Waals surface area contributed by atoms with Crippen molar-refractivity contribution in [3.05, 3.63) is 23.4 Å². The van der Waals surface area contributed by atoms with E-state index in [0.29, 0.717) is 5.70 Å². The molecule has 8 nitrogen and oxygen atoms in total. The first-order valence-corrected chi connectivity index (χ1v) is 6.84. The van der Waals surface area contributed by atoms with Gasteiger partial charge in [-0.25, -0.2) is 14.1 Å². The van der Waals surface area contributed by atoms with Crippen LogP contribution in [0, 0.1) is 0 Å². The second-order valence-electron chi connectivity index (χ2n) is 4.28. The molecule has 0 radical (unpaired) electrons. The minimum atomic E-state index is -3.75. The number of aliphatic carboxylic acids is 1. The summed E-state index contributed by atoms with van der Waals surface area (Å²) < 4.78 is 26.3. The first-order chi connectivity index (χ1) is 8.75. The maximum Gasteiger partial charge on any atom is 0.331 e. The number of rotatable bonds is 3. The molecule has 0 bridgehead atoms. The van der Waals surface area contributed by atoms with Gasteiger partial charge in [-0.15, -0.1) is 0 Å². The van der Waals surface area contributed by atoms with E-state index in [4.69, 9.17) is 10.8 Å². The summed E-state index contributed by atoms with van der Waals surface area (Å²) in [6.45, 7) is 0. The third kappa shape index (κ3) is 2.15. The molecule has 1 atom stereocenters. The highest BCUT2D eigenvalue weighted by Crippen LogP contribution is 2.29. The molecule has 0 fully saturated rings. The summed E-state index contributed by atoms with van der Waals surface area (Å²) in [5, 5.41) is 8.91. The molecule has 0 aromatic rings. The van der Waals surface area contributed by atoms with E-state index in [-0.39, 0.29) is 17.7 Å². The number of hydrogen-bond acceptors (Lipinski definition) is 5. The maximum atomic E-state index is 12.1. The average Bonchev–Trinajstić information content (AvgIpc) is 2.63. The van der Waals surface area contributed by atoms with Crippen LogP contribution in [0.15, 0.2) is 28.4 Å². The lowest BCUT2D eigenvalue weighted by Crippen LogP contribution is -2.46. The molecule has 1 aliphatic heterocycles. The van der Waals surface area contributed by atoms with Crippen LogP contribution < -0.4 is 5.73 Å². The van der Waals surface area contributed by atoms with E-state index in [9.17, 15) is 13.2 Å². The molecule has 0 saturated carbocycles. The average molecular weight is 286 g/mol. The van der Waals surface area contributed by atoms with E-state index in [2.05, 4.69) is 4.99 Å². The highest BCUT2D eigenvalue weighted by molar-refractivity contribution is 7.86. The van der Waals surface area contributed by atoms with E-state index < -0.39 is 22.5 Å². The van der Waals surface area contributed by atoms with E-state index in [1.165, 1.54) is 26.2 Å². The van der Waals surface area contributed by atoms with Gasteiger partial charge in [0.25, 0.3) is 0 Å². The molecule has 3 N–H and O–H groups in total. The predicted molar refractivity (Wildman–Crippen MR) is 68.3 cm³/mol. The van der Waals surface area contributed by atoms with Gasteiger partial charge in [0.05, 0.1) is 11.4 Å². The highest BCUT2D eigenvalue weighted by atomic mass is 32.2. The van der Waals surface area contributed by atoms with E-state index >= 15 is 0 Å². The highest BCUT2D eigenvalue weighted by Gasteiger charge is 2.39. The van der Waals surface area contributed by atoms with E-state index in [0.717, 1.165) is 8.61 Å². The number of fused-ring (bicyclic) bond motifs is 1. The Morgan fingerprint density at radius 2 is 2.21 bits per heavy atom. The Kier molecular flexibility index (Phi) is 3.20. The van der Waals surface area contributed by atoms with Gasteiger partial charge < -0.3 is 5.11 Å². The van der Waals surface area contributed by atoms with Crippen molar-refractivity contribution < 1.29 is 18.3 Å². The fraction of sp³-hybridized carbons (Fsp3) is 0.400. The van der Waals surface area contributed by atoms with Gasteiger partial charge in [-0.1, -0.05) is 6.08 Å². The number of nitrogens with zero attached hydrogens (tertiary/aromatic N) is 3. The number of allylic oxidation sites excluding steroid dienone is 2. The molecule has 19 heavy (non-hydrogen) atoms. The van der Waals surface area contributed by atoms with Gasteiger partial charge in [0, 0.05) is 19.7 Å². The molecule has 0 aromatic carbocycles. The van der Waals surface area contributed by atoms with Crippen LogP contribution in [-0.4, -0.2) is 54.2 Å². The summed E-state index contributed by atoms with van der Waals surface area (Å²) in [6.07, 6.45) is 1.92. The normalized spacial score (nSPS) is 22.8. The molecule has 0 amide bonds. The molecule has 0 aromatic heterocycles. The molecule has 9 heteroatoms. The molecule has 1 heterocycles. The Balaban J connectivity index is 2.41. The molecule has 2 rings (SSSR count). The summed E-state index contributed by atoms with van der Waals surface area (Å²) in [6, 6.07) is 0. The van der Waals surface area contributed by atoms with Gasteiger partial charge in [0.1, 0.15) is 0 Å². The first kappa shape index (κ1) is 13.7. The zero-order valence-corrected chi connectivity index (χ0v) is 11.3. The lowest BCUT2D eigenvalue weighted by Gasteiger charge is -2.27. The van der Waals surface area contributed by atoms with Gasteiger partial charge in [0.2, 0.25) is 0 Å². The smallest absolute Gasteiger partial charge is 0.331 e. The van der Waals surface area contributed by atoms with Crippen molar-refractivity contribution in [2.75, 3.05) is 14.1 Å². The summed E-state index contributed by atoms with van der Waals surface area (Å²) in [5.74, 6) is -1.06. The molecule has 104 valence electrons. The fourth-order valence-corrected chi connectivity index (χ4v) is 2.93. The Morgan fingerprint density at radius 1 is 1.58 bits per heavy atom. The van der Waals surface area contributed by atoms with E-state index in [1.54, 1.807) is 0 Å². The topological polar surface area (TPSA) is 116 Å². The van der Waals surface area contributed by atoms with Crippen LogP contribution in [-0.2, 0) is 15.0 Å². The van der Waals surface area contributed by atoms with Crippen LogP contribution in [0.3, 0.4) is 0 Å². The van der Waals surface area contributed by atoms with Crippen LogP contribution in [0.5, 0.6) is 0 Å². The number of aliphatic imine (C=N–C) groups is 1. The summed E-state index contributed by atoms with van der Waals surface area (Å²) in [7, 11) is -0.970. The minimum Gasteiger partial charge on any atom is -0.478 e. The summed E-state index contributed by atoms with van der Waals surface area (Å²) >= 11 is 0. The monoisotopic (exact) mass is 286 g/mol. The van der Waals surface area contributed by atoms with Gasteiger partial charge in [-0.3, -0.25) is 5.73 Å². The Bertz CT molecular complexity index is 617. The van der Waals surface area contributed by atoms with Crippen LogP contribution in [0.4, 0.5) is 0 Å². The second-order valence-corrected chi connectivity index (χ2v) is 6.30. The quantitative estimate of drug-likeness (QED) is 0.696. The first-order valence-electron chi connectivity index (χ1n) is 5.45. The number of carboxylic acid groups (broad SMARTS) is 1. The van der Waals surface area contributed by atoms with Crippen LogP contribution in [0.2, 0.25) is 0 Å². The van der Waals surface area contributed by atoms with Crippen molar-refractivity contribution in [1.29, 1.82) is 0 Å². The van der Waals surface area contributed by atoms with Crippen LogP contribution >= 0.6 is 0 Å². The SMILES string of the molecule is CN(C)S(=O)(=O)N1C2=CCC(C(=O)O)=CC2=NC1N. The molecular weight excluding hydrogens is 272 g/mol. The largest absolute Gasteiger partial charge is 0.478 e. The zero-order chi connectivity index (χ0) is 14.4. The van der Waals surface area contributed by atoms with Crippen molar-refractivity contribution in [2.24, 2.45) is 10.7 Å². The number of carbonyl (C=O) groups is 1. The summed E-state index contributed by atoms with van der Waals surface area (Å²) in [4.78, 5) is 14.9. The molecule has 2 aliphatic rings. The zero-order valence-electron chi connectivity index (χ0n) is 10.4. The number of nitrogens with two attached hydrogens (primary N) is 1. The maximum absolute atomic E-state index is 12.1. The van der Waals surface area contributed by atoms with Crippen molar-refractivity contribution in [2.45, 2.75) is 12.7 Å². The van der Waals surface area contributed by atoms with Gasteiger partial charge in [0.15, 0.2) is 6.29 Å². The minimum absolute atomic E-state index is 0.135. The molecule has 1 unspecified atom stereocenters. The van der Waals surface area contributed by atoms with Gasteiger partial charge in [-0.05, 0) is 12.5 Å². The molecule has 1 aliphatic carbocycles. The Labute approximate surface area is 110 Å². The number of carboxylic acids is 1. The van der Waals surface area contributed by atoms with E-state index in [1.807, 2.05) is 0 Å². The van der Waals surface area contributed by atoms with Crippen molar-refractivity contribution in [3.8, 4) is 0 Å². The standard InChI is InChI=1S/C10H14N4O4S/c1-13(2)19(17,18)14-8-4-3-6(9(15)16)5-7(8)12-10(14)11/h4-5,10H,3,11H2,1-2H3,(H,15,16). The lowest BCUT2D eigenvalue weighted by atomic mass is 10.0. The van der Waals surface area contributed by atoms with Crippen LogP contribution in [0.25, 0.3) is 0 Å². The Hall–Kier alpha value is -1.71. The van der Waals surface area contributed by atoms with Crippen molar-refractivity contribution in [1.82, 2.24) is 8.61 Å². The van der Waals surface area contributed by atoms with Crippen molar-refractivity contribution >= 4 is 21.9 Å². The lowest BCUT2D eigenvalue weighted by molar-refractivity contribution is -0.132.